The van der Waals surface area contributed by atoms with Gasteiger partial charge in [-0.25, -0.2) is 9.79 Å². The molecule has 0 saturated heterocycles. The number of aliphatic imine (C=N–C) groups is 1. The van der Waals surface area contributed by atoms with Gasteiger partial charge in [0.15, 0.2) is 5.96 Å². The zero-order chi connectivity index (χ0) is 22.1. The van der Waals surface area contributed by atoms with Gasteiger partial charge in [-0.2, -0.15) is 0 Å². The normalized spacial score (nSPS) is 15.8. The summed E-state index contributed by atoms with van der Waals surface area (Å²) < 4.78 is 5.23. The molecule has 0 radical (unpaired) electrons. The summed E-state index contributed by atoms with van der Waals surface area (Å²) in [6.45, 7) is 6.37. The third-order valence-corrected chi connectivity index (χ3v) is 4.64. The summed E-state index contributed by atoms with van der Waals surface area (Å²) in [6.07, 6.45) is 2.46. The maximum atomic E-state index is 11.9. The Morgan fingerprint density at radius 3 is 2.42 bits per heavy atom. The number of carbonyl (C=O) groups is 2. The first-order valence-electron chi connectivity index (χ1n) is 10.4. The van der Waals surface area contributed by atoms with Gasteiger partial charge in [-0.05, 0) is 51.2 Å². The van der Waals surface area contributed by atoms with Crippen LogP contribution >= 0.6 is 24.0 Å². The highest BCUT2D eigenvalue weighted by Gasteiger charge is 2.19. The number of alkyl carbamates (subject to hydrolysis) is 1. The van der Waals surface area contributed by atoms with Crippen LogP contribution in [0.4, 0.5) is 4.79 Å². The van der Waals surface area contributed by atoms with Crippen molar-refractivity contribution in [1.29, 1.82) is 0 Å². The van der Waals surface area contributed by atoms with E-state index >= 15 is 0 Å². The van der Waals surface area contributed by atoms with Crippen molar-refractivity contribution in [2.75, 3.05) is 33.7 Å². The maximum absolute atomic E-state index is 11.9. The first-order chi connectivity index (χ1) is 14.1. The number of hydrogen-bond donors (Lipinski definition) is 3. The van der Waals surface area contributed by atoms with Gasteiger partial charge in [0.05, 0.1) is 0 Å². The lowest BCUT2D eigenvalue weighted by molar-refractivity contribution is -0.127. The zero-order valence-electron chi connectivity index (χ0n) is 19.2. The van der Waals surface area contributed by atoms with E-state index in [4.69, 9.17) is 4.74 Å². The molecule has 8 nitrogen and oxygen atoms in total. The molecule has 2 rings (SSSR count). The average Bonchev–Trinajstić information content (AvgIpc) is 2.67. The number of aryl methyl sites for hydroxylation is 1. The molecule has 1 unspecified atom stereocenters. The molecule has 0 heterocycles. The van der Waals surface area contributed by atoms with Crippen molar-refractivity contribution < 1.29 is 14.3 Å². The molecule has 0 aliphatic heterocycles. The average molecular weight is 545 g/mol. The number of fused-ring (bicyclic) bond motifs is 1. The fourth-order valence-electron chi connectivity index (χ4n) is 3.11. The molecule has 0 fully saturated rings. The van der Waals surface area contributed by atoms with Gasteiger partial charge < -0.3 is 25.6 Å². The minimum absolute atomic E-state index is 0. The molecule has 1 aliphatic rings. The van der Waals surface area contributed by atoms with Crippen molar-refractivity contribution in [3.8, 4) is 0 Å². The molecule has 3 N–H and O–H groups in total. The number of halogens is 1. The van der Waals surface area contributed by atoms with E-state index in [1.807, 2.05) is 20.8 Å². The number of guanidine groups is 1. The van der Waals surface area contributed by atoms with Crippen molar-refractivity contribution in [1.82, 2.24) is 20.9 Å². The highest BCUT2D eigenvalue weighted by atomic mass is 127. The van der Waals surface area contributed by atoms with Crippen LogP contribution in [0.15, 0.2) is 29.3 Å². The Morgan fingerprint density at radius 1 is 1.13 bits per heavy atom. The minimum atomic E-state index is -0.532. The number of amides is 2. The highest BCUT2D eigenvalue weighted by Crippen LogP contribution is 2.20. The number of ether oxygens (including phenoxy) is 1. The van der Waals surface area contributed by atoms with Crippen LogP contribution in [0.1, 0.15) is 38.3 Å². The molecule has 0 bridgehead atoms. The Morgan fingerprint density at radius 2 is 1.77 bits per heavy atom. The molecule has 31 heavy (non-hydrogen) atoms. The summed E-state index contributed by atoms with van der Waals surface area (Å²) in [5.74, 6) is 0.498. The van der Waals surface area contributed by atoms with Crippen LogP contribution in [-0.4, -0.2) is 68.2 Å². The van der Waals surface area contributed by atoms with E-state index in [-0.39, 0.29) is 42.5 Å². The van der Waals surface area contributed by atoms with Crippen molar-refractivity contribution in [2.45, 2.75) is 51.7 Å². The highest BCUT2D eigenvalue weighted by molar-refractivity contribution is 14.0. The van der Waals surface area contributed by atoms with E-state index in [0.717, 1.165) is 19.3 Å². The summed E-state index contributed by atoms with van der Waals surface area (Å²) in [6, 6.07) is 8.71. The molecule has 9 heteroatoms. The Kier molecular flexibility index (Phi) is 11.1. The standard InChI is InChI=1S/C22H35N5O3.HI/c1-22(2,3)30-21(29)24-13-12-23-20(25-15-19(28)27(4)5)26-18-11-10-16-8-6-7-9-17(16)14-18;/h6-9,18H,10-15H2,1-5H3,(H,24,29)(H2,23,25,26);1H. The van der Waals surface area contributed by atoms with Crippen LogP contribution in [0, 0.1) is 0 Å². The van der Waals surface area contributed by atoms with E-state index in [1.165, 1.54) is 16.0 Å². The Labute approximate surface area is 202 Å². The molecular formula is C22H36IN5O3. The van der Waals surface area contributed by atoms with Gasteiger partial charge in [-0.1, -0.05) is 24.3 Å². The molecule has 1 aromatic carbocycles. The van der Waals surface area contributed by atoms with Gasteiger partial charge in [0, 0.05) is 33.2 Å². The van der Waals surface area contributed by atoms with Gasteiger partial charge in [0.25, 0.3) is 0 Å². The van der Waals surface area contributed by atoms with Crippen molar-refractivity contribution >= 4 is 41.9 Å². The predicted molar refractivity (Wildman–Crippen MR) is 134 cm³/mol. The molecular weight excluding hydrogens is 509 g/mol. The molecule has 1 atom stereocenters. The van der Waals surface area contributed by atoms with Gasteiger partial charge in [0.1, 0.15) is 12.1 Å². The molecule has 174 valence electrons. The quantitative estimate of drug-likeness (QED) is 0.221. The number of hydrogen-bond acceptors (Lipinski definition) is 4. The molecule has 2 amide bonds. The lowest BCUT2D eigenvalue weighted by Crippen LogP contribution is -2.48. The Balaban J connectivity index is 0.00000480. The van der Waals surface area contributed by atoms with Crippen LogP contribution in [0.5, 0.6) is 0 Å². The Bertz CT molecular complexity index is 762. The molecule has 0 spiro atoms. The van der Waals surface area contributed by atoms with Gasteiger partial charge in [-0.3, -0.25) is 4.79 Å². The number of benzene rings is 1. The second kappa shape index (κ2) is 12.7. The summed E-state index contributed by atoms with van der Waals surface area (Å²) >= 11 is 0. The van der Waals surface area contributed by atoms with Crippen molar-refractivity contribution in [3.05, 3.63) is 35.4 Å². The van der Waals surface area contributed by atoms with Crippen molar-refractivity contribution in [3.63, 3.8) is 0 Å². The van der Waals surface area contributed by atoms with Crippen LogP contribution in [0.2, 0.25) is 0 Å². The lowest BCUT2D eigenvalue weighted by Gasteiger charge is -2.27. The second-order valence-electron chi connectivity index (χ2n) is 8.66. The minimum Gasteiger partial charge on any atom is -0.444 e. The van der Waals surface area contributed by atoms with E-state index in [2.05, 4.69) is 45.2 Å². The van der Waals surface area contributed by atoms with Crippen LogP contribution < -0.4 is 16.0 Å². The summed E-state index contributed by atoms with van der Waals surface area (Å²) in [7, 11) is 3.42. The summed E-state index contributed by atoms with van der Waals surface area (Å²) in [5.41, 5.74) is 2.21. The number of nitrogens with zero attached hydrogens (tertiary/aromatic N) is 2. The SMILES string of the molecule is CN(C)C(=O)CN=C(NCCNC(=O)OC(C)(C)C)NC1CCc2ccccc2C1.I. The van der Waals surface area contributed by atoms with Crippen LogP contribution in [0.25, 0.3) is 0 Å². The van der Waals surface area contributed by atoms with Crippen molar-refractivity contribution in [2.24, 2.45) is 4.99 Å². The lowest BCUT2D eigenvalue weighted by atomic mass is 9.88. The predicted octanol–water partition coefficient (Wildman–Crippen LogP) is 2.31. The third-order valence-electron chi connectivity index (χ3n) is 4.64. The van der Waals surface area contributed by atoms with Gasteiger partial charge in [-0.15, -0.1) is 24.0 Å². The van der Waals surface area contributed by atoms with E-state index in [1.54, 1.807) is 14.1 Å². The number of carbonyl (C=O) groups excluding carboxylic acids is 2. The fraction of sp³-hybridized carbons (Fsp3) is 0.591. The van der Waals surface area contributed by atoms with E-state index < -0.39 is 11.7 Å². The maximum Gasteiger partial charge on any atom is 0.407 e. The van der Waals surface area contributed by atoms with Gasteiger partial charge >= 0.3 is 6.09 Å². The number of likely N-dealkylation sites (N-methyl/N-ethyl adjacent to an activating group) is 1. The molecule has 1 aromatic rings. The van der Waals surface area contributed by atoms with Crippen LogP contribution in [-0.2, 0) is 22.4 Å². The number of rotatable bonds is 6. The van der Waals surface area contributed by atoms with Gasteiger partial charge in [0.2, 0.25) is 5.91 Å². The smallest absolute Gasteiger partial charge is 0.407 e. The summed E-state index contributed by atoms with van der Waals surface area (Å²) in [5, 5.41) is 9.36. The first kappa shape index (κ1) is 27.0. The van der Waals surface area contributed by atoms with E-state index in [0.29, 0.717) is 19.0 Å². The van der Waals surface area contributed by atoms with Crippen LogP contribution in [0.3, 0.4) is 0 Å². The topological polar surface area (TPSA) is 95.1 Å². The molecule has 0 saturated carbocycles. The first-order valence-corrected chi connectivity index (χ1v) is 10.4. The Hall–Kier alpha value is -2.04. The second-order valence-corrected chi connectivity index (χ2v) is 8.66. The zero-order valence-corrected chi connectivity index (χ0v) is 21.5. The van der Waals surface area contributed by atoms with E-state index in [9.17, 15) is 9.59 Å². The number of nitrogens with one attached hydrogen (secondary N) is 3. The largest absolute Gasteiger partial charge is 0.444 e. The molecule has 0 aromatic heterocycles. The summed E-state index contributed by atoms with van der Waals surface area (Å²) in [4.78, 5) is 29.7. The monoisotopic (exact) mass is 545 g/mol. The fourth-order valence-corrected chi connectivity index (χ4v) is 3.11. The molecule has 1 aliphatic carbocycles. The third kappa shape index (κ3) is 10.2.